The predicted molar refractivity (Wildman–Crippen MR) is 64.0 cm³/mol. The Morgan fingerprint density at radius 1 is 1.43 bits per heavy atom. The highest BCUT2D eigenvalue weighted by Crippen LogP contribution is 2.21. The summed E-state index contributed by atoms with van der Waals surface area (Å²) in [5, 5.41) is 4.38. The van der Waals surface area contributed by atoms with Gasteiger partial charge in [0.2, 0.25) is 0 Å². The normalized spacial score (nSPS) is 20.6. The third-order valence-corrected chi connectivity index (χ3v) is 3.24. The first kappa shape index (κ1) is 9.59. The van der Waals surface area contributed by atoms with Crippen LogP contribution in [0.1, 0.15) is 13.3 Å². The van der Waals surface area contributed by atoms with Crippen molar-refractivity contribution in [3.8, 4) is 0 Å². The Bertz CT molecular complexity index is 321. The first-order valence-electron chi connectivity index (χ1n) is 4.91. The van der Waals surface area contributed by atoms with Crippen molar-refractivity contribution in [2.24, 2.45) is 4.99 Å². The quantitative estimate of drug-likeness (QED) is 0.804. The van der Waals surface area contributed by atoms with Crippen LogP contribution in [-0.4, -0.2) is 17.0 Å². The number of aliphatic imine (C=N–C) groups is 1. The Morgan fingerprint density at radius 3 is 2.86 bits per heavy atom. The molecular weight excluding hydrogens is 192 g/mol. The molecule has 0 spiro atoms. The van der Waals surface area contributed by atoms with E-state index in [1.54, 1.807) is 0 Å². The molecule has 1 aliphatic heterocycles. The number of hydrogen-bond acceptors (Lipinski definition) is 3. The molecule has 0 amide bonds. The second kappa shape index (κ2) is 4.51. The van der Waals surface area contributed by atoms with Crippen molar-refractivity contribution in [1.82, 2.24) is 0 Å². The van der Waals surface area contributed by atoms with Crippen LogP contribution in [0.25, 0.3) is 0 Å². The Hall–Kier alpha value is -0.960. The summed E-state index contributed by atoms with van der Waals surface area (Å²) in [5.41, 5.74) is 1.12. The molecule has 0 bridgehead atoms. The summed E-state index contributed by atoms with van der Waals surface area (Å²) in [6.07, 6.45) is 1.13. The average molecular weight is 206 g/mol. The number of para-hydroxylation sites is 1. The van der Waals surface area contributed by atoms with Gasteiger partial charge in [-0.1, -0.05) is 36.9 Å². The van der Waals surface area contributed by atoms with Crippen molar-refractivity contribution in [3.05, 3.63) is 30.3 Å². The van der Waals surface area contributed by atoms with Gasteiger partial charge in [-0.25, -0.2) is 0 Å². The van der Waals surface area contributed by atoms with Crippen molar-refractivity contribution in [2.45, 2.75) is 19.4 Å². The van der Waals surface area contributed by atoms with Gasteiger partial charge in [0.1, 0.15) is 0 Å². The largest absolute Gasteiger partial charge is 0.335 e. The first-order valence-corrected chi connectivity index (χ1v) is 5.89. The van der Waals surface area contributed by atoms with E-state index in [2.05, 4.69) is 29.4 Å². The van der Waals surface area contributed by atoms with Crippen LogP contribution in [0.5, 0.6) is 0 Å². The molecule has 0 fully saturated rings. The smallest absolute Gasteiger partial charge is 0.161 e. The van der Waals surface area contributed by atoms with Crippen LogP contribution in [0.3, 0.4) is 0 Å². The van der Waals surface area contributed by atoms with Crippen molar-refractivity contribution in [1.29, 1.82) is 0 Å². The van der Waals surface area contributed by atoms with Gasteiger partial charge in [0, 0.05) is 11.4 Å². The van der Waals surface area contributed by atoms with Gasteiger partial charge in [-0.2, -0.15) is 0 Å². The number of nitrogens with one attached hydrogen (secondary N) is 1. The highest BCUT2D eigenvalue weighted by Gasteiger charge is 2.15. The summed E-state index contributed by atoms with van der Waals surface area (Å²) in [5.74, 6) is 1.12. The molecule has 2 nitrogen and oxygen atoms in total. The maximum Gasteiger partial charge on any atom is 0.161 e. The lowest BCUT2D eigenvalue weighted by Gasteiger charge is -2.03. The van der Waals surface area contributed by atoms with Gasteiger partial charge >= 0.3 is 0 Å². The molecule has 1 heterocycles. The minimum Gasteiger partial charge on any atom is -0.335 e. The maximum atomic E-state index is 4.57. The molecular formula is C11H14N2S. The Kier molecular flexibility index (Phi) is 3.09. The number of rotatable bonds is 2. The Balaban J connectivity index is 1.99. The molecule has 0 aliphatic carbocycles. The second-order valence-electron chi connectivity index (χ2n) is 3.30. The molecule has 1 atom stereocenters. The van der Waals surface area contributed by atoms with Gasteiger partial charge in [0.25, 0.3) is 0 Å². The molecule has 1 aromatic rings. The number of anilines is 1. The highest BCUT2D eigenvalue weighted by molar-refractivity contribution is 8.14. The van der Waals surface area contributed by atoms with Crippen LogP contribution in [-0.2, 0) is 0 Å². The summed E-state index contributed by atoms with van der Waals surface area (Å²) in [6, 6.07) is 10.7. The van der Waals surface area contributed by atoms with E-state index in [0.29, 0.717) is 6.04 Å². The molecule has 3 heteroatoms. The Morgan fingerprint density at radius 2 is 2.21 bits per heavy atom. The van der Waals surface area contributed by atoms with E-state index in [-0.39, 0.29) is 0 Å². The molecule has 74 valence electrons. The zero-order valence-corrected chi connectivity index (χ0v) is 9.05. The zero-order chi connectivity index (χ0) is 9.80. The number of nitrogens with zero attached hydrogens (tertiary/aromatic N) is 1. The molecule has 2 rings (SSSR count). The molecule has 1 aromatic carbocycles. The molecule has 14 heavy (non-hydrogen) atoms. The topological polar surface area (TPSA) is 24.4 Å². The molecule has 0 saturated heterocycles. The zero-order valence-electron chi connectivity index (χ0n) is 8.23. The van der Waals surface area contributed by atoms with E-state index in [0.717, 1.165) is 23.0 Å². The first-order chi connectivity index (χ1) is 6.88. The van der Waals surface area contributed by atoms with Gasteiger partial charge < -0.3 is 5.32 Å². The van der Waals surface area contributed by atoms with Gasteiger partial charge in [-0.15, -0.1) is 0 Å². The van der Waals surface area contributed by atoms with Crippen molar-refractivity contribution in [3.63, 3.8) is 0 Å². The molecule has 1 N–H and O–H groups in total. The lowest BCUT2D eigenvalue weighted by atomic mass is 10.3. The van der Waals surface area contributed by atoms with Crippen LogP contribution in [0.2, 0.25) is 0 Å². The Labute approximate surface area is 88.8 Å². The van der Waals surface area contributed by atoms with Crippen LogP contribution < -0.4 is 5.32 Å². The minimum absolute atomic E-state index is 0.506. The summed E-state index contributed by atoms with van der Waals surface area (Å²) >= 11 is 1.81. The predicted octanol–water partition coefficient (Wildman–Crippen LogP) is 2.98. The van der Waals surface area contributed by atoms with Crippen LogP contribution in [0.15, 0.2) is 35.3 Å². The number of thioether (sulfide) groups is 1. The molecule has 0 aromatic heterocycles. The SMILES string of the molecule is CC[C@@H]1CSC(Nc2ccccc2)=N1. The van der Waals surface area contributed by atoms with E-state index in [4.69, 9.17) is 0 Å². The molecule has 0 unspecified atom stereocenters. The lowest BCUT2D eigenvalue weighted by Crippen LogP contribution is -2.04. The van der Waals surface area contributed by atoms with Gasteiger partial charge in [-0.3, -0.25) is 4.99 Å². The fourth-order valence-corrected chi connectivity index (χ4v) is 2.41. The third kappa shape index (κ3) is 2.29. The van der Waals surface area contributed by atoms with Crippen molar-refractivity contribution < 1.29 is 0 Å². The van der Waals surface area contributed by atoms with Crippen LogP contribution >= 0.6 is 11.8 Å². The summed E-state index contributed by atoms with van der Waals surface area (Å²) in [4.78, 5) is 4.57. The van der Waals surface area contributed by atoms with E-state index in [1.165, 1.54) is 0 Å². The third-order valence-electron chi connectivity index (χ3n) is 2.21. The average Bonchev–Trinajstić information content (AvgIpc) is 2.67. The fourth-order valence-electron chi connectivity index (χ4n) is 1.34. The second-order valence-corrected chi connectivity index (χ2v) is 4.31. The van der Waals surface area contributed by atoms with E-state index in [1.807, 2.05) is 30.0 Å². The van der Waals surface area contributed by atoms with Gasteiger partial charge in [-0.05, 0) is 18.6 Å². The van der Waals surface area contributed by atoms with Crippen molar-refractivity contribution >= 4 is 22.6 Å². The lowest BCUT2D eigenvalue weighted by molar-refractivity contribution is 0.738. The highest BCUT2D eigenvalue weighted by atomic mass is 32.2. The number of amidine groups is 1. The fraction of sp³-hybridized carbons (Fsp3) is 0.364. The van der Waals surface area contributed by atoms with Crippen LogP contribution in [0, 0.1) is 0 Å². The summed E-state index contributed by atoms with van der Waals surface area (Å²) in [7, 11) is 0. The van der Waals surface area contributed by atoms with Gasteiger partial charge in [0.05, 0.1) is 6.04 Å². The standard InChI is InChI=1S/C11H14N2S/c1-2-9-8-14-11(12-9)13-10-6-4-3-5-7-10/h3-7,9H,2,8H2,1H3,(H,12,13)/t9-/m1/s1. The van der Waals surface area contributed by atoms with Crippen molar-refractivity contribution in [2.75, 3.05) is 11.1 Å². The monoisotopic (exact) mass is 206 g/mol. The molecule has 0 saturated carbocycles. The summed E-state index contributed by atoms with van der Waals surface area (Å²) < 4.78 is 0. The number of hydrogen-bond donors (Lipinski definition) is 1. The molecule has 1 aliphatic rings. The maximum absolute atomic E-state index is 4.57. The van der Waals surface area contributed by atoms with E-state index < -0.39 is 0 Å². The number of benzene rings is 1. The van der Waals surface area contributed by atoms with Crippen LogP contribution in [0.4, 0.5) is 5.69 Å². The summed E-state index contributed by atoms with van der Waals surface area (Å²) in [6.45, 7) is 2.18. The van der Waals surface area contributed by atoms with Gasteiger partial charge in [0.15, 0.2) is 5.17 Å². The molecule has 0 radical (unpaired) electrons. The van der Waals surface area contributed by atoms with E-state index in [9.17, 15) is 0 Å². The van der Waals surface area contributed by atoms with E-state index >= 15 is 0 Å². The minimum atomic E-state index is 0.506.